The van der Waals surface area contributed by atoms with Gasteiger partial charge >= 0.3 is 6.18 Å². The highest BCUT2D eigenvalue weighted by Gasteiger charge is 2.28. The van der Waals surface area contributed by atoms with Crippen LogP contribution in [-0.4, -0.2) is 25.3 Å². The quantitative estimate of drug-likeness (QED) is 0.686. The summed E-state index contributed by atoms with van der Waals surface area (Å²) in [5.74, 6) is 0.691. The molecule has 0 radical (unpaired) electrons. The third-order valence-corrected chi connectivity index (χ3v) is 3.44. The molecule has 26 heavy (non-hydrogen) atoms. The summed E-state index contributed by atoms with van der Waals surface area (Å²) in [6, 6.07) is 13.4. The Kier molecular flexibility index (Phi) is 6.89. The van der Waals surface area contributed by atoms with Crippen LogP contribution in [0.3, 0.4) is 0 Å². The fraction of sp³-hybridized carbons (Fsp3) is 0.316. The van der Waals surface area contributed by atoms with Gasteiger partial charge in [-0.05, 0) is 49.2 Å². The van der Waals surface area contributed by atoms with Crippen molar-refractivity contribution in [1.82, 2.24) is 0 Å². The molecule has 4 nitrogen and oxygen atoms in total. The highest BCUT2D eigenvalue weighted by Crippen LogP contribution is 2.20. The number of anilines is 1. The zero-order valence-electron chi connectivity index (χ0n) is 14.3. The van der Waals surface area contributed by atoms with Crippen molar-refractivity contribution in [2.24, 2.45) is 0 Å². The van der Waals surface area contributed by atoms with Gasteiger partial charge in [-0.2, -0.15) is 13.2 Å². The molecular formula is C19H20F3NO3. The molecule has 0 saturated heterocycles. The molecule has 0 spiro atoms. The molecule has 1 amide bonds. The number of benzene rings is 2. The molecular weight excluding hydrogens is 347 g/mol. The lowest BCUT2D eigenvalue weighted by molar-refractivity contribution is -0.153. The normalized spacial score (nSPS) is 11.1. The van der Waals surface area contributed by atoms with Crippen LogP contribution in [0.4, 0.5) is 18.9 Å². The zero-order valence-corrected chi connectivity index (χ0v) is 14.3. The van der Waals surface area contributed by atoms with Crippen molar-refractivity contribution in [1.29, 1.82) is 0 Å². The largest absolute Gasteiger partial charge is 0.493 e. The highest BCUT2D eigenvalue weighted by molar-refractivity contribution is 5.90. The third-order valence-electron chi connectivity index (χ3n) is 3.44. The molecule has 1 N–H and O–H groups in total. The maximum Gasteiger partial charge on any atom is 0.422 e. The monoisotopic (exact) mass is 367 g/mol. The fourth-order valence-corrected chi connectivity index (χ4v) is 2.16. The third kappa shape index (κ3) is 7.04. The van der Waals surface area contributed by atoms with E-state index in [9.17, 15) is 18.0 Å². The molecule has 140 valence electrons. The van der Waals surface area contributed by atoms with Gasteiger partial charge in [0.2, 0.25) is 5.91 Å². The van der Waals surface area contributed by atoms with Crippen molar-refractivity contribution in [2.45, 2.75) is 25.9 Å². The van der Waals surface area contributed by atoms with Gasteiger partial charge < -0.3 is 14.8 Å². The van der Waals surface area contributed by atoms with Crippen molar-refractivity contribution in [2.75, 3.05) is 18.5 Å². The molecule has 0 bridgehead atoms. The lowest BCUT2D eigenvalue weighted by Gasteiger charge is -2.10. The van der Waals surface area contributed by atoms with E-state index in [1.54, 1.807) is 0 Å². The molecule has 7 heteroatoms. The Morgan fingerprint density at radius 1 is 1.04 bits per heavy atom. The van der Waals surface area contributed by atoms with E-state index in [-0.39, 0.29) is 18.1 Å². The van der Waals surface area contributed by atoms with Crippen LogP contribution in [-0.2, 0) is 4.79 Å². The standard InChI is InChI=1S/C19H20F3NO3/c1-14-5-2-3-6-17(14)25-12-4-7-18(24)23-15-8-10-16(11-9-15)26-13-19(20,21)22/h2-3,5-6,8-11H,4,7,12-13H2,1H3,(H,23,24). The van der Waals surface area contributed by atoms with Crippen LogP contribution >= 0.6 is 0 Å². The van der Waals surface area contributed by atoms with E-state index >= 15 is 0 Å². The van der Waals surface area contributed by atoms with Gasteiger partial charge in [-0.3, -0.25) is 4.79 Å². The predicted molar refractivity (Wildman–Crippen MR) is 92.5 cm³/mol. The number of carbonyl (C=O) groups excluding carboxylic acids is 1. The summed E-state index contributed by atoms with van der Waals surface area (Å²) in [4.78, 5) is 11.9. The maximum atomic E-state index is 12.1. The van der Waals surface area contributed by atoms with Gasteiger partial charge in [-0.15, -0.1) is 0 Å². The first kappa shape index (κ1) is 19.6. The minimum atomic E-state index is -4.38. The van der Waals surface area contributed by atoms with Crippen molar-refractivity contribution < 1.29 is 27.4 Å². The summed E-state index contributed by atoms with van der Waals surface area (Å²) in [5, 5.41) is 2.68. The molecule has 0 heterocycles. The van der Waals surface area contributed by atoms with E-state index in [1.165, 1.54) is 24.3 Å². The van der Waals surface area contributed by atoms with E-state index in [4.69, 9.17) is 4.74 Å². The number of alkyl halides is 3. The number of carbonyl (C=O) groups is 1. The van der Waals surface area contributed by atoms with Gasteiger partial charge in [-0.25, -0.2) is 0 Å². The van der Waals surface area contributed by atoms with E-state index < -0.39 is 12.8 Å². The number of amides is 1. The summed E-state index contributed by atoms with van der Waals surface area (Å²) < 4.78 is 46.5. The molecule has 0 aliphatic rings. The van der Waals surface area contributed by atoms with E-state index in [1.807, 2.05) is 31.2 Å². The van der Waals surface area contributed by atoms with Gasteiger partial charge in [-0.1, -0.05) is 18.2 Å². The van der Waals surface area contributed by atoms with Crippen molar-refractivity contribution in [3.63, 3.8) is 0 Å². The number of ether oxygens (including phenoxy) is 2. The highest BCUT2D eigenvalue weighted by atomic mass is 19.4. The maximum absolute atomic E-state index is 12.1. The molecule has 2 rings (SSSR count). The fourth-order valence-electron chi connectivity index (χ4n) is 2.16. The van der Waals surface area contributed by atoms with Crippen LogP contribution in [0.1, 0.15) is 18.4 Å². The Balaban J connectivity index is 1.70. The Morgan fingerprint density at radius 3 is 2.38 bits per heavy atom. The second-order valence-electron chi connectivity index (χ2n) is 5.69. The second-order valence-corrected chi connectivity index (χ2v) is 5.69. The van der Waals surface area contributed by atoms with Crippen molar-refractivity contribution >= 4 is 11.6 Å². The number of halogens is 3. The average molecular weight is 367 g/mol. The summed E-state index contributed by atoms with van der Waals surface area (Å²) in [7, 11) is 0. The van der Waals surface area contributed by atoms with Crippen LogP contribution < -0.4 is 14.8 Å². The molecule has 2 aromatic carbocycles. The first-order chi connectivity index (χ1) is 12.3. The Bertz CT molecular complexity index is 715. The molecule has 0 atom stereocenters. The zero-order chi connectivity index (χ0) is 19.0. The first-order valence-corrected chi connectivity index (χ1v) is 8.11. The number of nitrogens with one attached hydrogen (secondary N) is 1. The van der Waals surface area contributed by atoms with Gasteiger partial charge in [0.1, 0.15) is 11.5 Å². The molecule has 0 aromatic heterocycles. The Labute approximate surface area is 149 Å². The van der Waals surface area contributed by atoms with Crippen LogP contribution in [0.5, 0.6) is 11.5 Å². The minimum Gasteiger partial charge on any atom is -0.493 e. The van der Waals surface area contributed by atoms with Crippen molar-refractivity contribution in [3.05, 3.63) is 54.1 Å². The molecule has 0 saturated carbocycles. The van der Waals surface area contributed by atoms with Crippen LogP contribution in [0.15, 0.2) is 48.5 Å². The summed E-state index contributed by atoms with van der Waals surface area (Å²) >= 11 is 0. The Hall–Kier alpha value is -2.70. The Morgan fingerprint density at radius 2 is 1.73 bits per heavy atom. The molecule has 0 fully saturated rings. The number of hydrogen-bond donors (Lipinski definition) is 1. The van der Waals surface area contributed by atoms with Gasteiger partial charge in [0.15, 0.2) is 6.61 Å². The van der Waals surface area contributed by atoms with E-state index in [0.717, 1.165) is 11.3 Å². The minimum absolute atomic E-state index is 0.0898. The number of rotatable bonds is 8. The SMILES string of the molecule is Cc1ccccc1OCCCC(=O)Nc1ccc(OCC(F)(F)F)cc1. The van der Waals surface area contributed by atoms with Crippen LogP contribution in [0.2, 0.25) is 0 Å². The second kappa shape index (κ2) is 9.12. The van der Waals surface area contributed by atoms with Crippen LogP contribution in [0.25, 0.3) is 0 Å². The predicted octanol–water partition coefficient (Wildman–Crippen LogP) is 4.73. The molecule has 0 unspecified atom stereocenters. The first-order valence-electron chi connectivity index (χ1n) is 8.11. The van der Waals surface area contributed by atoms with Gasteiger partial charge in [0.25, 0.3) is 0 Å². The molecule has 2 aromatic rings. The number of para-hydroxylation sites is 1. The summed E-state index contributed by atoms with van der Waals surface area (Å²) in [6.45, 7) is 1.02. The van der Waals surface area contributed by atoms with Gasteiger partial charge in [0, 0.05) is 12.1 Å². The average Bonchev–Trinajstić information content (AvgIpc) is 2.59. The topological polar surface area (TPSA) is 47.6 Å². The summed E-state index contributed by atoms with van der Waals surface area (Å²) in [5.41, 5.74) is 1.53. The number of aryl methyl sites for hydroxylation is 1. The number of hydrogen-bond acceptors (Lipinski definition) is 3. The van der Waals surface area contributed by atoms with Gasteiger partial charge in [0.05, 0.1) is 6.61 Å². The van der Waals surface area contributed by atoms with E-state index in [0.29, 0.717) is 18.7 Å². The smallest absolute Gasteiger partial charge is 0.422 e. The lowest BCUT2D eigenvalue weighted by atomic mass is 10.2. The summed E-state index contributed by atoms with van der Waals surface area (Å²) in [6.07, 6.45) is -3.56. The lowest BCUT2D eigenvalue weighted by Crippen LogP contribution is -2.19. The molecule has 0 aliphatic heterocycles. The molecule has 0 aliphatic carbocycles. The van der Waals surface area contributed by atoms with Crippen molar-refractivity contribution in [3.8, 4) is 11.5 Å². The van der Waals surface area contributed by atoms with E-state index in [2.05, 4.69) is 10.1 Å². The van der Waals surface area contributed by atoms with Crippen LogP contribution in [0, 0.1) is 6.92 Å².